The first-order valence-corrected chi connectivity index (χ1v) is 7.62. The first kappa shape index (κ1) is 12.7. The number of ketones is 1. The van der Waals surface area contributed by atoms with Crippen LogP contribution in [0.25, 0.3) is 0 Å². The molecule has 2 heteroatoms. The van der Waals surface area contributed by atoms with Crippen molar-refractivity contribution in [2.75, 3.05) is 11.9 Å². The van der Waals surface area contributed by atoms with Crippen LogP contribution in [0.3, 0.4) is 0 Å². The molecular weight excluding hydrogens is 234 g/mol. The van der Waals surface area contributed by atoms with E-state index < -0.39 is 0 Å². The third kappa shape index (κ3) is 2.54. The molecule has 0 radical (unpaired) electrons. The molecule has 0 saturated heterocycles. The van der Waals surface area contributed by atoms with Gasteiger partial charge in [0, 0.05) is 24.1 Å². The lowest BCUT2D eigenvalue weighted by molar-refractivity contribution is -0.125. The quantitative estimate of drug-likeness (QED) is 0.868. The van der Waals surface area contributed by atoms with E-state index in [1.165, 1.54) is 18.4 Å². The number of fused-ring (bicyclic) bond motifs is 1. The summed E-state index contributed by atoms with van der Waals surface area (Å²) in [5.74, 6) is 1.66. The van der Waals surface area contributed by atoms with Crippen LogP contribution in [0, 0.1) is 11.8 Å². The van der Waals surface area contributed by atoms with E-state index >= 15 is 0 Å². The molecular formula is C17H23NO. The molecule has 3 rings (SSSR count). The largest absolute Gasteiger partial charge is 0.385 e. The van der Waals surface area contributed by atoms with E-state index in [1.807, 2.05) is 6.07 Å². The second-order valence-electron chi connectivity index (χ2n) is 6.23. The van der Waals surface area contributed by atoms with E-state index in [4.69, 9.17) is 0 Å². The Morgan fingerprint density at radius 2 is 2.05 bits per heavy atom. The highest BCUT2D eigenvalue weighted by Crippen LogP contribution is 2.38. The zero-order chi connectivity index (χ0) is 13.2. The summed E-state index contributed by atoms with van der Waals surface area (Å²) < 4.78 is 0. The number of hydrogen-bond donors (Lipinski definition) is 1. The average Bonchev–Trinajstić information content (AvgIpc) is 2.46. The summed E-state index contributed by atoms with van der Waals surface area (Å²) in [7, 11) is 0. The van der Waals surface area contributed by atoms with Gasteiger partial charge in [-0.15, -0.1) is 0 Å². The van der Waals surface area contributed by atoms with Crippen LogP contribution in [-0.4, -0.2) is 12.3 Å². The summed E-state index contributed by atoms with van der Waals surface area (Å²) in [5.41, 5.74) is 2.38. The maximum atomic E-state index is 12.8. The fourth-order valence-electron chi connectivity index (χ4n) is 3.74. The van der Waals surface area contributed by atoms with E-state index in [0.717, 1.165) is 37.4 Å². The minimum Gasteiger partial charge on any atom is -0.385 e. The van der Waals surface area contributed by atoms with Crippen molar-refractivity contribution >= 4 is 11.5 Å². The van der Waals surface area contributed by atoms with Crippen LogP contribution in [0.15, 0.2) is 24.3 Å². The third-order valence-electron chi connectivity index (χ3n) is 4.77. The Bertz CT molecular complexity index is 468. The molecule has 3 unspecified atom stereocenters. The molecule has 0 spiro atoms. The molecule has 1 aliphatic heterocycles. The van der Waals surface area contributed by atoms with Crippen molar-refractivity contribution in [3.63, 3.8) is 0 Å². The van der Waals surface area contributed by atoms with Gasteiger partial charge in [-0.3, -0.25) is 4.79 Å². The topological polar surface area (TPSA) is 29.1 Å². The number of para-hydroxylation sites is 1. The number of benzene rings is 1. The molecule has 3 atom stereocenters. The number of rotatable bonds is 2. The van der Waals surface area contributed by atoms with Crippen LogP contribution in [0.4, 0.5) is 5.69 Å². The molecule has 1 fully saturated rings. The number of carbonyl (C=O) groups is 1. The van der Waals surface area contributed by atoms with Gasteiger partial charge in [0.1, 0.15) is 5.78 Å². The van der Waals surface area contributed by atoms with Crippen molar-refractivity contribution in [3.05, 3.63) is 29.8 Å². The van der Waals surface area contributed by atoms with Crippen LogP contribution in [0.2, 0.25) is 0 Å². The molecule has 1 saturated carbocycles. The number of Topliss-reactive ketones (excluding diaryl/α,β-unsaturated/α-hetero) is 1. The molecule has 0 aromatic heterocycles. The van der Waals surface area contributed by atoms with Gasteiger partial charge in [-0.1, -0.05) is 38.0 Å². The zero-order valence-electron chi connectivity index (χ0n) is 11.7. The minimum absolute atomic E-state index is 0.132. The Balaban J connectivity index is 1.81. The maximum absolute atomic E-state index is 12.8. The average molecular weight is 257 g/mol. The molecule has 102 valence electrons. The monoisotopic (exact) mass is 257 g/mol. The van der Waals surface area contributed by atoms with Gasteiger partial charge in [0.05, 0.1) is 0 Å². The molecule has 1 aromatic rings. The highest BCUT2D eigenvalue weighted by molar-refractivity contribution is 5.90. The summed E-state index contributed by atoms with van der Waals surface area (Å²) in [4.78, 5) is 12.8. The first-order chi connectivity index (χ1) is 9.25. The van der Waals surface area contributed by atoms with Crippen molar-refractivity contribution in [1.82, 2.24) is 0 Å². The minimum atomic E-state index is 0.132. The van der Waals surface area contributed by atoms with E-state index in [1.54, 1.807) is 0 Å². The first-order valence-electron chi connectivity index (χ1n) is 7.62. The molecule has 0 bridgehead atoms. The van der Waals surface area contributed by atoms with E-state index in [0.29, 0.717) is 11.7 Å². The Labute approximate surface area is 115 Å². The standard InChI is InChI=1S/C17H23NO/c1-12-5-4-6-13(11-12)17(19)15-9-10-18-16-8-3-2-7-14(15)16/h2-3,7-8,12-13,15,18H,4-6,9-11H2,1H3. The van der Waals surface area contributed by atoms with Crippen LogP contribution < -0.4 is 5.32 Å². The third-order valence-corrected chi connectivity index (χ3v) is 4.77. The van der Waals surface area contributed by atoms with E-state index in [9.17, 15) is 4.79 Å². The second kappa shape index (κ2) is 5.36. The molecule has 1 aromatic carbocycles. The van der Waals surface area contributed by atoms with Crippen molar-refractivity contribution in [2.45, 2.75) is 44.9 Å². The summed E-state index contributed by atoms with van der Waals surface area (Å²) in [6.45, 7) is 3.21. The Morgan fingerprint density at radius 3 is 2.89 bits per heavy atom. The Kier molecular flexibility index (Phi) is 3.58. The van der Waals surface area contributed by atoms with Crippen molar-refractivity contribution in [2.24, 2.45) is 11.8 Å². The van der Waals surface area contributed by atoms with Crippen LogP contribution in [-0.2, 0) is 4.79 Å². The summed E-state index contributed by atoms with van der Waals surface area (Å²) >= 11 is 0. The van der Waals surface area contributed by atoms with E-state index in [-0.39, 0.29) is 5.92 Å². The fourth-order valence-corrected chi connectivity index (χ4v) is 3.74. The highest BCUT2D eigenvalue weighted by Gasteiger charge is 2.33. The SMILES string of the molecule is CC1CCCC(C(=O)C2CCNc3ccccc32)C1. The summed E-state index contributed by atoms with van der Waals surface area (Å²) in [5, 5.41) is 3.41. The zero-order valence-corrected chi connectivity index (χ0v) is 11.7. The van der Waals surface area contributed by atoms with Crippen LogP contribution in [0.5, 0.6) is 0 Å². The van der Waals surface area contributed by atoms with Gasteiger partial charge in [-0.25, -0.2) is 0 Å². The predicted octanol–water partition coefficient (Wildman–Crippen LogP) is 3.98. The Hall–Kier alpha value is -1.31. The molecule has 2 nitrogen and oxygen atoms in total. The maximum Gasteiger partial charge on any atom is 0.143 e. The van der Waals surface area contributed by atoms with Gasteiger partial charge < -0.3 is 5.32 Å². The second-order valence-corrected chi connectivity index (χ2v) is 6.23. The lowest BCUT2D eigenvalue weighted by Gasteiger charge is -2.32. The molecule has 1 aliphatic carbocycles. The smallest absolute Gasteiger partial charge is 0.143 e. The highest BCUT2D eigenvalue weighted by atomic mass is 16.1. The van der Waals surface area contributed by atoms with Crippen molar-refractivity contribution in [1.29, 1.82) is 0 Å². The molecule has 1 N–H and O–H groups in total. The summed E-state index contributed by atoms with van der Waals surface area (Å²) in [6.07, 6.45) is 5.69. The Morgan fingerprint density at radius 1 is 1.21 bits per heavy atom. The van der Waals surface area contributed by atoms with Gasteiger partial charge in [0.25, 0.3) is 0 Å². The van der Waals surface area contributed by atoms with Crippen LogP contribution in [0.1, 0.15) is 50.5 Å². The fraction of sp³-hybridized carbons (Fsp3) is 0.588. The lowest BCUT2D eigenvalue weighted by atomic mass is 9.74. The molecule has 1 heterocycles. The van der Waals surface area contributed by atoms with Crippen molar-refractivity contribution in [3.8, 4) is 0 Å². The van der Waals surface area contributed by atoms with Gasteiger partial charge in [0.2, 0.25) is 0 Å². The van der Waals surface area contributed by atoms with Crippen LogP contribution >= 0.6 is 0 Å². The van der Waals surface area contributed by atoms with Gasteiger partial charge >= 0.3 is 0 Å². The number of hydrogen-bond acceptors (Lipinski definition) is 2. The normalized spacial score (nSPS) is 30.3. The number of nitrogens with one attached hydrogen (secondary N) is 1. The van der Waals surface area contributed by atoms with Crippen molar-refractivity contribution < 1.29 is 4.79 Å². The lowest BCUT2D eigenvalue weighted by Crippen LogP contribution is -2.30. The van der Waals surface area contributed by atoms with Gasteiger partial charge in [-0.2, -0.15) is 0 Å². The number of carbonyl (C=O) groups excluding carboxylic acids is 1. The predicted molar refractivity (Wildman–Crippen MR) is 78.4 cm³/mol. The van der Waals surface area contributed by atoms with Gasteiger partial charge in [-0.05, 0) is 36.8 Å². The number of anilines is 1. The summed E-state index contributed by atoms with van der Waals surface area (Å²) in [6, 6.07) is 8.31. The molecule has 19 heavy (non-hydrogen) atoms. The van der Waals surface area contributed by atoms with E-state index in [2.05, 4.69) is 30.4 Å². The molecule has 0 amide bonds. The van der Waals surface area contributed by atoms with Gasteiger partial charge in [0.15, 0.2) is 0 Å². The molecule has 2 aliphatic rings.